The highest BCUT2D eigenvalue weighted by Crippen LogP contribution is 2.31. The van der Waals surface area contributed by atoms with Crippen LogP contribution in [0.5, 0.6) is 5.75 Å². The van der Waals surface area contributed by atoms with E-state index in [9.17, 15) is 5.26 Å². The van der Waals surface area contributed by atoms with Crippen molar-refractivity contribution in [1.82, 2.24) is 4.98 Å². The van der Waals surface area contributed by atoms with E-state index < -0.39 is 0 Å². The number of nitrogen functional groups attached to an aromatic ring is 1. The molecule has 2 rings (SSSR count). The Bertz CT molecular complexity index is 732. The van der Waals surface area contributed by atoms with Gasteiger partial charge in [-0.1, -0.05) is 6.58 Å². The molecule has 1 aromatic heterocycles. The van der Waals surface area contributed by atoms with Crippen molar-refractivity contribution >= 4 is 16.9 Å². The zero-order valence-corrected chi connectivity index (χ0v) is 13.4. The Morgan fingerprint density at radius 1 is 1.39 bits per heavy atom. The predicted molar refractivity (Wildman–Crippen MR) is 93.0 cm³/mol. The molecule has 0 saturated heterocycles. The maximum absolute atomic E-state index is 9.19. The lowest BCUT2D eigenvalue weighted by atomic mass is 10.0. The molecular weight excluding hydrogens is 288 g/mol. The van der Waals surface area contributed by atoms with Gasteiger partial charge in [0.1, 0.15) is 5.75 Å². The average Bonchev–Trinajstić information content (AvgIpc) is 2.60. The number of methoxy groups -OCH3 is 1. The third kappa shape index (κ3) is 3.80. The fourth-order valence-corrected chi connectivity index (χ4v) is 2.31. The predicted octanol–water partition coefficient (Wildman–Crippen LogP) is 3.24. The first-order valence-electron chi connectivity index (χ1n) is 7.31. The number of aromatic nitrogens is 1. The lowest BCUT2D eigenvalue weighted by Gasteiger charge is -2.25. The molecule has 0 atom stereocenters. The highest BCUT2D eigenvalue weighted by atomic mass is 16.5. The van der Waals surface area contributed by atoms with Gasteiger partial charge in [0.05, 0.1) is 42.9 Å². The van der Waals surface area contributed by atoms with Crippen LogP contribution >= 0.6 is 0 Å². The quantitative estimate of drug-likeness (QED) is 0.829. The van der Waals surface area contributed by atoms with Crippen molar-refractivity contribution in [3.8, 4) is 11.8 Å². The largest absolute Gasteiger partial charge is 0.497 e. The van der Waals surface area contributed by atoms with Gasteiger partial charge in [0.15, 0.2) is 0 Å². The molecule has 2 N–H and O–H groups in total. The number of hydrogen-bond donors (Lipinski definition) is 1. The number of anilines is 2. The first-order chi connectivity index (χ1) is 11.1. The monoisotopic (exact) mass is 308 g/mol. The molecule has 0 aliphatic heterocycles. The Balaban J connectivity index is 2.40. The smallest absolute Gasteiger partial charge is 0.120 e. The number of allylic oxidation sites excluding steroid dienone is 1. The van der Waals surface area contributed by atoms with Crippen molar-refractivity contribution < 1.29 is 4.74 Å². The highest BCUT2D eigenvalue weighted by Gasteiger charge is 2.14. The summed E-state index contributed by atoms with van der Waals surface area (Å²) < 4.78 is 5.31. The van der Waals surface area contributed by atoms with E-state index in [1.54, 1.807) is 13.3 Å². The number of nitrogens with zero attached hydrogens (tertiary/aromatic N) is 3. The lowest BCUT2D eigenvalue weighted by molar-refractivity contribution is 0.414. The zero-order chi connectivity index (χ0) is 16.8. The molecule has 0 fully saturated rings. The van der Waals surface area contributed by atoms with Crippen molar-refractivity contribution in [2.24, 2.45) is 0 Å². The molecule has 5 nitrogen and oxygen atoms in total. The van der Waals surface area contributed by atoms with Crippen LogP contribution in [0.3, 0.4) is 0 Å². The van der Waals surface area contributed by atoms with E-state index in [-0.39, 0.29) is 0 Å². The average molecular weight is 308 g/mol. The maximum Gasteiger partial charge on any atom is 0.120 e. The number of hydrogen-bond acceptors (Lipinski definition) is 5. The fraction of sp³-hybridized carbons (Fsp3) is 0.222. The SMILES string of the molecule is C=C(C#N)c1ccc(OC)cc1N(CC)Cc1ccc(N)cn1. The minimum atomic E-state index is 0.423. The Hall–Kier alpha value is -3.00. The summed E-state index contributed by atoms with van der Waals surface area (Å²) in [5.41, 5.74) is 9.34. The van der Waals surface area contributed by atoms with Crippen LogP contribution in [0.25, 0.3) is 5.57 Å². The van der Waals surface area contributed by atoms with Gasteiger partial charge in [-0.25, -0.2) is 0 Å². The molecular formula is C18H20N4O. The molecule has 0 spiro atoms. The number of nitrogens with two attached hydrogens (primary N) is 1. The van der Waals surface area contributed by atoms with Crippen molar-refractivity contribution in [3.05, 3.63) is 54.4 Å². The number of ether oxygens (including phenoxy) is 1. The summed E-state index contributed by atoms with van der Waals surface area (Å²) in [6.45, 7) is 7.25. The Morgan fingerprint density at radius 3 is 2.74 bits per heavy atom. The second kappa shape index (κ2) is 7.32. The summed E-state index contributed by atoms with van der Waals surface area (Å²) in [5.74, 6) is 0.734. The summed E-state index contributed by atoms with van der Waals surface area (Å²) in [6.07, 6.45) is 1.64. The van der Waals surface area contributed by atoms with Gasteiger partial charge >= 0.3 is 0 Å². The summed E-state index contributed by atoms with van der Waals surface area (Å²) in [4.78, 5) is 6.47. The molecule has 118 valence electrons. The third-order valence-electron chi connectivity index (χ3n) is 3.59. The molecule has 0 amide bonds. The van der Waals surface area contributed by atoms with Crippen LogP contribution < -0.4 is 15.4 Å². The molecule has 2 aromatic rings. The van der Waals surface area contributed by atoms with Crippen molar-refractivity contribution in [2.45, 2.75) is 13.5 Å². The summed E-state index contributed by atoms with van der Waals surface area (Å²) >= 11 is 0. The van der Waals surface area contributed by atoms with Gasteiger partial charge in [0.2, 0.25) is 0 Å². The van der Waals surface area contributed by atoms with Crippen molar-refractivity contribution in [3.63, 3.8) is 0 Å². The number of nitriles is 1. The number of rotatable bonds is 6. The Morgan fingerprint density at radius 2 is 2.17 bits per heavy atom. The number of benzene rings is 1. The van der Waals surface area contributed by atoms with Gasteiger partial charge in [-0.2, -0.15) is 5.26 Å². The molecule has 23 heavy (non-hydrogen) atoms. The summed E-state index contributed by atoms with van der Waals surface area (Å²) in [5, 5.41) is 9.19. The fourth-order valence-electron chi connectivity index (χ4n) is 2.31. The second-order valence-electron chi connectivity index (χ2n) is 5.07. The summed E-state index contributed by atoms with van der Waals surface area (Å²) in [6, 6.07) is 11.5. The van der Waals surface area contributed by atoms with Crippen LogP contribution in [0, 0.1) is 11.3 Å². The maximum atomic E-state index is 9.19. The molecule has 1 heterocycles. The van der Waals surface area contributed by atoms with Crippen LogP contribution in [-0.2, 0) is 6.54 Å². The minimum Gasteiger partial charge on any atom is -0.497 e. The minimum absolute atomic E-state index is 0.423. The third-order valence-corrected chi connectivity index (χ3v) is 3.59. The molecule has 0 aliphatic carbocycles. The molecule has 5 heteroatoms. The van der Waals surface area contributed by atoms with Gasteiger partial charge in [-0.05, 0) is 31.2 Å². The highest BCUT2D eigenvalue weighted by molar-refractivity contribution is 5.83. The summed E-state index contributed by atoms with van der Waals surface area (Å²) in [7, 11) is 1.62. The zero-order valence-electron chi connectivity index (χ0n) is 13.4. The van der Waals surface area contributed by atoms with E-state index in [2.05, 4.69) is 29.5 Å². The molecule has 0 bridgehead atoms. The Labute approximate surface area is 136 Å². The van der Waals surface area contributed by atoms with Gasteiger partial charge < -0.3 is 15.4 Å². The molecule has 1 aromatic carbocycles. The van der Waals surface area contributed by atoms with E-state index in [4.69, 9.17) is 10.5 Å². The van der Waals surface area contributed by atoms with Crippen LogP contribution in [0.2, 0.25) is 0 Å². The normalized spacial score (nSPS) is 9.96. The lowest BCUT2D eigenvalue weighted by Crippen LogP contribution is -2.23. The van der Waals surface area contributed by atoms with E-state index >= 15 is 0 Å². The number of pyridine rings is 1. The van der Waals surface area contributed by atoms with E-state index in [1.807, 2.05) is 30.3 Å². The van der Waals surface area contributed by atoms with Crippen LogP contribution in [0.1, 0.15) is 18.2 Å². The first-order valence-corrected chi connectivity index (χ1v) is 7.31. The molecule has 0 unspecified atom stereocenters. The van der Waals surface area contributed by atoms with E-state index in [0.717, 1.165) is 29.2 Å². The Kier molecular flexibility index (Phi) is 5.21. The van der Waals surface area contributed by atoms with Gasteiger partial charge in [-0.15, -0.1) is 0 Å². The molecule has 0 aliphatic rings. The standard InChI is InChI=1S/C18H20N4O/c1-4-22(12-15-6-5-14(20)11-21-15)18-9-16(23-3)7-8-17(18)13(2)10-19/h5-9,11H,2,4,12,20H2,1,3H3. The molecule has 0 radical (unpaired) electrons. The van der Waals surface area contributed by atoms with E-state index in [1.165, 1.54) is 0 Å². The second-order valence-corrected chi connectivity index (χ2v) is 5.07. The first kappa shape index (κ1) is 16.4. The van der Waals surface area contributed by atoms with Crippen LogP contribution in [0.15, 0.2) is 43.1 Å². The van der Waals surface area contributed by atoms with Crippen molar-refractivity contribution in [2.75, 3.05) is 24.3 Å². The van der Waals surface area contributed by atoms with Crippen LogP contribution in [0.4, 0.5) is 11.4 Å². The molecule has 0 saturated carbocycles. The van der Waals surface area contributed by atoms with Crippen LogP contribution in [-0.4, -0.2) is 18.6 Å². The topological polar surface area (TPSA) is 75.2 Å². The van der Waals surface area contributed by atoms with Gasteiger partial charge in [0.25, 0.3) is 0 Å². The van der Waals surface area contributed by atoms with E-state index in [0.29, 0.717) is 17.8 Å². The van der Waals surface area contributed by atoms with Gasteiger partial charge in [-0.3, -0.25) is 4.98 Å². The van der Waals surface area contributed by atoms with Gasteiger partial charge in [0, 0.05) is 23.9 Å². The van der Waals surface area contributed by atoms with Crippen molar-refractivity contribution in [1.29, 1.82) is 5.26 Å².